The fourth-order valence-electron chi connectivity index (χ4n) is 1.79. The van der Waals surface area contributed by atoms with Gasteiger partial charge in [0.1, 0.15) is 11.6 Å². The van der Waals surface area contributed by atoms with Gasteiger partial charge < -0.3 is 10.2 Å². The number of amides is 1. The first-order valence-corrected chi connectivity index (χ1v) is 5.88. The predicted octanol–water partition coefficient (Wildman–Crippen LogP) is 2.17. The molecule has 0 fully saturated rings. The molecule has 0 saturated heterocycles. The van der Waals surface area contributed by atoms with E-state index >= 15 is 0 Å². The lowest BCUT2D eigenvalue weighted by molar-refractivity contribution is -0.122. The Morgan fingerprint density at radius 1 is 1.44 bits per heavy atom. The van der Waals surface area contributed by atoms with Crippen molar-refractivity contribution in [2.75, 3.05) is 25.5 Å². The van der Waals surface area contributed by atoms with E-state index in [4.69, 9.17) is 0 Å². The van der Waals surface area contributed by atoms with E-state index in [1.54, 1.807) is 7.05 Å². The van der Waals surface area contributed by atoms with Crippen LogP contribution in [0.1, 0.15) is 13.3 Å². The Hall–Kier alpha value is -1.49. The van der Waals surface area contributed by atoms with Crippen molar-refractivity contribution in [3.63, 3.8) is 0 Å². The van der Waals surface area contributed by atoms with E-state index in [2.05, 4.69) is 5.32 Å². The fourth-order valence-corrected chi connectivity index (χ4v) is 1.79. The number of anilines is 1. The normalized spacial score (nSPS) is 12.3. The zero-order valence-corrected chi connectivity index (χ0v) is 10.8. The van der Waals surface area contributed by atoms with Crippen LogP contribution >= 0.6 is 0 Å². The average Bonchev–Trinajstić information content (AvgIpc) is 2.37. The van der Waals surface area contributed by atoms with Gasteiger partial charge in [-0.15, -0.1) is 0 Å². The molecule has 0 saturated carbocycles. The Morgan fingerprint density at radius 2 is 2.11 bits per heavy atom. The van der Waals surface area contributed by atoms with Crippen LogP contribution in [0.15, 0.2) is 18.2 Å². The topological polar surface area (TPSA) is 32.3 Å². The molecule has 0 aliphatic heterocycles. The van der Waals surface area contributed by atoms with E-state index in [1.165, 1.54) is 11.9 Å². The largest absolute Gasteiger partial charge is 0.319 e. The maximum atomic E-state index is 13.6. The molecule has 5 heteroatoms. The van der Waals surface area contributed by atoms with Crippen LogP contribution in [0.2, 0.25) is 0 Å². The van der Waals surface area contributed by atoms with Gasteiger partial charge in [-0.25, -0.2) is 8.78 Å². The van der Waals surface area contributed by atoms with Crippen molar-refractivity contribution in [1.29, 1.82) is 0 Å². The summed E-state index contributed by atoms with van der Waals surface area (Å²) in [6.07, 6.45) is 0.640. The average molecular weight is 256 g/mol. The molecule has 0 spiro atoms. The molecule has 1 unspecified atom stereocenters. The maximum Gasteiger partial charge on any atom is 0.231 e. The Labute approximate surface area is 106 Å². The molecular formula is C13H18F2N2O. The van der Waals surface area contributed by atoms with Gasteiger partial charge in [-0.05, 0) is 25.6 Å². The van der Waals surface area contributed by atoms with Crippen LogP contribution in [0.25, 0.3) is 0 Å². The molecule has 100 valence electrons. The third kappa shape index (κ3) is 3.26. The van der Waals surface area contributed by atoms with Gasteiger partial charge in [0.25, 0.3) is 0 Å². The molecule has 1 N–H and O–H groups in total. The fraction of sp³-hybridized carbons (Fsp3) is 0.462. The van der Waals surface area contributed by atoms with Gasteiger partial charge >= 0.3 is 0 Å². The van der Waals surface area contributed by atoms with Crippen LogP contribution in [0.4, 0.5) is 14.5 Å². The summed E-state index contributed by atoms with van der Waals surface area (Å²) in [5, 5.41) is 2.92. The molecular weight excluding hydrogens is 238 g/mol. The minimum absolute atomic E-state index is 0.0328. The highest BCUT2D eigenvalue weighted by molar-refractivity contribution is 5.94. The van der Waals surface area contributed by atoms with Gasteiger partial charge in [-0.1, -0.05) is 6.92 Å². The highest BCUT2D eigenvalue weighted by Crippen LogP contribution is 2.21. The van der Waals surface area contributed by atoms with E-state index in [0.29, 0.717) is 13.0 Å². The van der Waals surface area contributed by atoms with Crippen molar-refractivity contribution in [3.05, 3.63) is 29.8 Å². The summed E-state index contributed by atoms with van der Waals surface area (Å²) in [6, 6.07) is 3.08. The lowest BCUT2D eigenvalue weighted by atomic mass is 10.0. The Morgan fingerprint density at radius 3 is 2.67 bits per heavy atom. The van der Waals surface area contributed by atoms with Crippen molar-refractivity contribution >= 4 is 11.6 Å². The van der Waals surface area contributed by atoms with Crippen molar-refractivity contribution < 1.29 is 13.6 Å². The first-order chi connectivity index (χ1) is 8.51. The molecule has 1 amide bonds. The third-order valence-corrected chi connectivity index (χ3v) is 2.89. The van der Waals surface area contributed by atoms with Crippen LogP contribution in [-0.2, 0) is 4.79 Å². The molecule has 1 atom stereocenters. The number of carbonyl (C=O) groups excluding carboxylic acids is 1. The van der Waals surface area contributed by atoms with Crippen molar-refractivity contribution in [2.24, 2.45) is 5.92 Å². The molecule has 0 aliphatic rings. The molecule has 0 radical (unpaired) electrons. The number of nitrogens with one attached hydrogen (secondary N) is 1. The van der Waals surface area contributed by atoms with E-state index in [1.807, 2.05) is 6.92 Å². The minimum Gasteiger partial charge on any atom is -0.319 e. The van der Waals surface area contributed by atoms with E-state index in [9.17, 15) is 13.6 Å². The number of benzene rings is 1. The lowest BCUT2D eigenvalue weighted by Crippen LogP contribution is -2.37. The molecule has 0 bridgehead atoms. The van der Waals surface area contributed by atoms with Gasteiger partial charge in [0.2, 0.25) is 5.91 Å². The molecule has 0 aliphatic carbocycles. The predicted molar refractivity (Wildman–Crippen MR) is 67.5 cm³/mol. The van der Waals surface area contributed by atoms with Crippen LogP contribution < -0.4 is 10.2 Å². The molecule has 1 rings (SSSR count). The summed E-state index contributed by atoms with van der Waals surface area (Å²) in [7, 11) is 3.21. The van der Waals surface area contributed by atoms with Crippen LogP contribution in [0, 0.1) is 17.6 Å². The van der Waals surface area contributed by atoms with E-state index in [0.717, 1.165) is 18.2 Å². The monoisotopic (exact) mass is 256 g/mol. The summed E-state index contributed by atoms with van der Waals surface area (Å²) >= 11 is 0. The second-order valence-corrected chi connectivity index (χ2v) is 4.16. The van der Waals surface area contributed by atoms with Crippen molar-refractivity contribution in [1.82, 2.24) is 5.32 Å². The molecule has 0 aromatic heterocycles. The third-order valence-electron chi connectivity index (χ3n) is 2.89. The van der Waals surface area contributed by atoms with Crippen molar-refractivity contribution in [3.8, 4) is 0 Å². The first-order valence-electron chi connectivity index (χ1n) is 5.88. The first kappa shape index (κ1) is 14.6. The van der Waals surface area contributed by atoms with Crippen LogP contribution in [0.5, 0.6) is 0 Å². The molecule has 0 heterocycles. The minimum atomic E-state index is -0.605. The standard InChI is InChI=1S/C13H18F2N2O/c1-4-9(8-16-2)13(18)17(3)12-7-10(14)5-6-11(12)15/h5-7,9,16H,4,8H2,1-3H3. The van der Waals surface area contributed by atoms with Gasteiger partial charge in [-0.3, -0.25) is 4.79 Å². The second kappa shape index (κ2) is 6.44. The van der Waals surface area contributed by atoms with Gasteiger partial charge in [0.05, 0.1) is 11.6 Å². The number of halogens is 2. The lowest BCUT2D eigenvalue weighted by Gasteiger charge is -2.23. The van der Waals surface area contributed by atoms with Gasteiger partial charge in [-0.2, -0.15) is 0 Å². The maximum absolute atomic E-state index is 13.6. The molecule has 18 heavy (non-hydrogen) atoms. The number of hydrogen-bond acceptors (Lipinski definition) is 2. The highest BCUT2D eigenvalue weighted by atomic mass is 19.1. The van der Waals surface area contributed by atoms with E-state index < -0.39 is 11.6 Å². The Balaban J connectivity index is 2.94. The number of carbonyl (C=O) groups is 1. The number of rotatable bonds is 5. The van der Waals surface area contributed by atoms with Gasteiger partial charge in [0.15, 0.2) is 0 Å². The molecule has 1 aromatic rings. The summed E-state index contributed by atoms with van der Waals surface area (Å²) in [6.45, 7) is 2.40. The van der Waals surface area contributed by atoms with Crippen molar-refractivity contribution in [2.45, 2.75) is 13.3 Å². The van der Waals surface area contributed by atoms with E-state index in [-0.39, 0.29) is 17.5 Å². The zero-order chi connectivity index (χ0) is 13.7. The smallest absolute Gasteiger partial charge is 0.231 e. The number of hydrogen-bond donors (Lipinski definition) is 1. The summed E-state index contributed by atoms with van der Waals surface area (Å²) in [5.41, 5.74) is -0.0328. The van der Waals surface area contributed by atoms with Crippen LogP contribution in [-0.4, -0.2) is 26.5 Å². The van der Waals surface area contributed by atoms with Crippen LogP contribution in [0.3, 0.4) is 0 Å². The molecule has 3 nitrogen and oxygen atoms in total. The Kier molecular flexibility index (Phi) is 5.22. The summed E-state index contributed by atoms with van der Waals surface area (Å²) < 4.78 is 26.6. The van der Waals surface area contributed by atoms with Gasteiger partial charge in [0, 0.05) is 19.7 Å². The highest BCUT2D eigenvalue weighted by Gasteiger charge is 2.22. The summed E-state index contributed by atoms with van der Waals surface area (Å²) in [4.78, 5) is 13.3. The summed E-state index contributed by atoms with van der Waals surface area (Å²) in [5.74, 6) is -1.64. The Bertz CT molecular complexity index is 423. The second-order valence-electron chi connectivity index (χ2n) is 4.16. The quantitative estimate of drug-likeness (QED) is 0.875. The SMILES string of the molecule is CCC(CNC)C(=O)N(C)c1cc(F)ccc1F. The molecule has 1 aromatic carbocycles. The number of nitrogens with zero attached hydrogens (tertiary/aromatic N) is 1. The zero-order valence-electron chi connectivity index (χ0n) is 10.8.